The van der Waals surface area contributed by atoms with Crippen LogP contribution in [0.4, 0.5) is 0 Å². The van der Waals surface area contributed by atoms with Gasteiger partial charge in [0.15, 0.2) is 17.5 Å². The van der Waals surface area contributed by atoms with Gasteiger partial charge in [-0.1, -0.05) is 158 Å². The first-order valence-electron chi connectivity index (χ1n) is 20.9. The smallest absolute Gasteiger partial charge is 0.164 e. The lowest BCUT2D eigenvalue weighted by Crippen LogP contribution is -2.02. The molecule has 0 N–H and O–H groups in total. The molecular formula is C57H34N4O. The Kier molecular flexibility index (Phi) is 7.54. The molecule has 3 aromatic heterocycles. The molecule has 10 aromatic carbocycles. The number of aromatic nitrogens is 4. The number of hydrogen-bond donors (Lipinski definition) is 0. The van der Waals surface area contributed by atoms with Crippen molar-refractivity contribution >= 4 is 76.1 Å². The number of nitrogens with zero attached hydrogens (tertiary/aromatic N) is 4. The van der Waals surface area contributed by atoms with Crippen molar-refractivity contribution in [2.24, 2.45) is 0 Å². The maximum Gasteiger partial charge on any atom is 0.164 e. The molecule has 0 unspecified atom stereocenters. The van der Waals surface area contributed by atoms with Crippen LogP contribution in [0.25, 0.3) is 127 Å². The quantitative estimate of drug-likeness (QED) is 0.174. The predicted octanol–water partition coefficient (Wildman–Crippen LogP) is 15.0. The zero-order chi connectivity index (χ0) is 40.7. The number of furan rings is 1. The maximum atomic E-state index is 6.77. The standard InChI is InChI=1S/C57H34N4O/c1-2-12-35(13-3-1)37-22-25-38(26-23-37)55-58-56(44-27-24-36-14-4-5-15-39(36)28-44)60-57(59-55)45-33-51(54-46-20-10-11-21-52(46)62-53(54)34-45)61-49-31-42-18-8-6-16-40(42)29-47(49)48-30-41-17-7-9-19-43(41)32-50(48)61/h1-34H. The third kappa shape index (κ3) is 5.52. The van der Waals surface area contributed by atoms with Crippen LogP contribution in [-0.2, 0) is 0 Å². The molecule has 0 aliphatic rings. The van der Waals surface area contributed by atoms with Crippen molar-refractivity contribution in [3.05, 3.63) is 206 Å². The second-order valence-electron chi connectivity index (χ2n) is 16.0. The fourth-order valence-corrected chi connectivity index (χ4v) is 9.32. The third-order valence-electron chi connectivity index (χ3n) is 12.4. The summed E-state index contributed by atoms with van der Waals surface area (Å²) < 4.78 is 9.19. The normalized spacial score (nSPS) is 11.9. The van der Waals surface area contributed by atoms with Crippen molar-refractivity contribution in [1.29, 1.82) is 0 Å². The lowest BCUT2D eigenvalue weighted by atomic mass is 10.0. The number of rotatable bonds is 5. The number of fused-ring (bicyclic) bond motifs is 9. The Bertz CT molecular complexity index is 3830. The van der Waals surface area contributed by atoms with Crippen molar-refractivity contribution in [3.8, 4) is 51.0 Å². The van der Waals surface area contributed by atoms with Gasteiger partial charge in [-0.15, -0.1) is 0 Å². The van der Waals surface area contributed by atoms with Gasteiger partial charge >= 0.3 is 0 Å². The summed E-state index contributed by atoms with van der Waals surface area (Å²) in [4.78, 5) is 15.7. The van der Waals surface area contributed by atoms with Crippen LogP contribution in [0.15, 0.2) is 211 Å². The highest BCUT2D eigenvalue weighted by molar-refractivity contribution is 6.19. The molecule has 0 spiro atoms. The third-order valence-corrected chi connectivity index (χ3v) is 12.4. The largest absolute Gasteiger partial charge is 0.456 e. The Labute approximate surface area is 355 Å². The van der Waals surface area contributed by atoms with E-state index < -0.39 is 0 Å². The zero-order valence-electron chi connectivity index (χ0n) is 33.3. The topological polar surface area (TPSA) is 56.7 Å². The van der Waals surface area contributed by atoms with Crippen molar-refractivity contribution in [1.82, 2.24) is 19.5 Å². The van der Waals surface area contributed by atoms with E-state index in [1.54, 1.807) is 0 Å². The molecule has 0 fully saturated rings. The van der Waals surface area contributed by atoms with Crippen LogP contribution in [0, 0.1) is 0 Å². The molecule has 5 heteroatoms. The van der Waals surface area contributed by atoms with Gasteiger partial charge in [0.2, 0.25) is 0 Å². The summed E-state index contributed by atoms with van der Waals surface area (Å²) in [5, 5.41) is 11.5. The fourth-order valence-electron chi connectivity index (χ4n) is 9.32. The summed E-state index contributed by atoms with van der Waals surface area (Å²) in [7, 11) is 0. The lowest BCUT2D eigenvalue weighted by Gasteiger charge is -2.14. The molecular weight excluding hydrogens is 757 g/mol. The van der Waals surface area contributed by atoms with Crippen LogP contribution in [0.5, 0.6) is 0 Å². The van der Waals surface area contributed by atoms with Gasteiger partial charge in [-0.05, 0) is 92.0 Å². The summed E-state index contributed by atoms with van der Waals surface area (Å²) in [6.45, 7) is 0. The molecule has 0 aliphatic heterocycles. The van der Waals surface area contributed by atoms with Gasteiger partial charge in [-0.3, -0.25) is 0 Å². The summed E-state index contributed by atoms with van der Waals surface area (Å²) in [6.07, 6.45) is 0. The van der Waals surface area contributed by atoms with E-state index in [1.165, 1.54) is 32.3 Å². The van der Waals surface area contributed by atoms with Crippen LogP contribution in [0.3, 0.4) is 0 Å². The first kappa shape index (κ1) is 34.5. The minimum atomic E-state index is 0.561. The van der Waals surface area contributed by atoms with E-state index >= 15 is 0 Å². The van der Waals surface area contributed by atoms with Crippen molar-refractivity contribution in [2.75, 3.05) is 0 Å². The Balaban J connectivity index is 1.10. The van der Waals surface area contributed by atoms with Crippen molar-refractivity contribution in [2.45, 2.75) is 0 Å². The van der Waals surface area contributed by atoms with Crippen LogP contribution in [0.1, 0.15) is 0 Å². The van der Waals surface area contributed by atoms with Crippen molar-refractivity contribution in [3.63, 3.8) is 0 Å². The molecule has 0 aliphatic carbocycles. The Morgan fingerprint density at radius 2 is 0.790 bits per heavy atom. The maximum absolute atomic E-state index is 6.77. The average Bonchev–Trinajstić information content (AvgIpc) is 3.87. The summed E-state index contributed by atoms with van der Waals surface area (Å²) in [5.74, 6) is 1.76. The van der Waals surface area contributed by atoms with Crippen LogP contribution in [0.2, 0.25) is 0 Å². The molecule has 0 saturated heterocycles. The van der Waals surface area contributed by atoms with Crippen LogP contribution >= 0.6 is 0 Å². The second-order valence-corrected chi connectivity index (χ2v) is 16.0. The van der Waals surface area contributed by atoms with E-state index in [1.807, 2.05) is 18.2 Å². The monoisotopic (exact) mass is 790 g/mol. The van der Waals surface area contributed by atoms with Crippen molar-refractivity contribution < 1.29 is 4.42 Å². The van der Waals surface area contributed by atoms with Crippen LogP contribution in [-0.4, -0.2) is 19.5 Å². The lowest BCUT2D eigenvalue weighted by molar-refractivity contribution is 0.669. The van der Waals surface area contributed by atoms with Crippen LogP contribution < -0.4 is 0 Å². The Morgan fingerprint density at radius 3 is 1.45 bits per heavy atom. The minimum absolute atomic E-state index is 0.561. The fraction of sp³-hybridized carbons (Fsp3) is 0. The van der Waals surface area contributed by atoms with Gasteiger partial charge < -0.3 is 8.98 Å². The number of hydrogen-bond acceptors (Lipinski definition) is 4. The summed E-state index contributed by atoms with van der Waals surface area (Å²) in [5.41, 5.74) is 9.75. The van der Waals surface area contributed by atoms with E-state index in [0.29, 0.717) is 17.5 Å². The predicted molar refractivity (Wildman–Crippen MR) is 256 cm³/mol. The molecule has 0 bridgehead atoms. The summed E-state index contributed by atoms with van der Waals surface area (Å²) in [6, 6.07) is 72.9. The molecule has 62 heavy (non-hydrogen) atoms. The molecule has 0 radical (unpaired) electrons. The number of benzene rings is 10. The van der Waals surface area contributed by atoms with Gasteiger partial charge in [-0.2, -0.15) is 0 Å². The SMILES string of the molecule is c1ccc(-c2ccc(-c3nc(-c4ccc5ccccc5c4)nc(-c4cc(-n5c6cc7ccccc7cc6c6cc7ccccc7cc65)c5c(c4)oc4ccccc45)n3)cc2)cc1. The molecule has 5 nitrogen and oxygen atoms in total. The highest BCUT2D eigenvalue weighted by Gasteiger charge is 2.22. The van der Waals surface area contributed by atoms with Gasteiger partial charge in [-0.25, -0.2) is 15.0 Å². The van der Waals surface area contributed by atoms with E-state index in [9.17, 15) is 0 Å². The highest BCUT2D eigenvalue weighted by Crippen LogP contribution is 2.43. The van der Waals surface area contributed by atoms with E-state index in [4.69, 9.17) is 19.4 Å². The molecule has 288 valence electrons. The van der Waals surface area contributed by atoms with E-state index in [2.05, 4.69) is 193 Å². The Morgan fingerprint density at radius 1 is 0.306 bits per heavy atom. The second kappa shape index (κ2) is 13.6. The van der Waals surface area contributed by atoms with Gasteiger partial charge in [0.25, 0.3) is 0 Å². The Hall–Kier alpha value is -8.41. The molecule has 13 rings (SSSR count). The molecule has 3 heterocycles. The van der Waals surface area contributed by atoms with Gasteiger partial charge in [0.05, 0.1) is 22.1 Å². The molecule has 0 amide bonds. The summed E-state index contributed by atoms with van der Waals surface area (Å²) >= 11 is 0. The molecule has 13 aromatic rings. The van der Waals surface area contributed by atoms with Gasteiger partial charge in [0.1, 0.15) is 11.2 Å². The first-order chi connectivity index (χ1) is 30.7. The van der Waals surface area contributed by atoms with Gasteiger partial charge in [0, 0.05) is 32.8 Å². The van der Waals surface area contributed by atoms with E-state index in [0.717, 1.165) is 77.2 Å². The first-order valence-corrected chi connectivity index (χ1v) is 20.9. The van der Waals surface area contributed by atoms with E-state index in [-0.39, 0.29) is 0 Å². The highest BCUT2D eigenvalue weighted by atomic mass is 16.3. The number of para-hydroxylation sites is 1. The molecule has 0 saturated carbocycles. The average molecular weight is 791 g/mol. The zero-order valence-corrected chi connectivity index (χ0v) is 33.3. The molecule has 0 atom stereocenters. The minimum Gasteiger partial charge on any atom is -0.456 e.